The highest BCUT2D eigenvalue weighted by atomic mass is 16.6. The minimum Gasteiger partial charge on any atom is -0.502 e. The summed E-state index contributed by atoms with van der Waals surface area (Å²) in [5.74, 6) is -1.07. The van der Waals surface area contributed by atoms with Gasteiger partial charge in [0.15, 0.2) is 0 Å². The molecule has 6 heteroatoms. The number of rotatable bonds is 8. The number of carbonyl (C=O) groups is 1. The third-order valence-corrected chi connectivity index (χ3v) is 3.32. The summed E-state index contributed by atoms with van der Waals surface area (Å²) in [6, 6.07) is 3.90. The zero-order valence-corrected chi connectivity index (χ0v) is 12.5. The fourth-order valence-electron chi connectivity index (χ4n) is 2.11. The Morgan fingerprint density at radius 2 is 2.10 bits per heavy atom. The fourth-order valence-corrected chi connectivity index (χ4v) is 2.11. The summed E-state index contributed by atoms with van der Waals surface area (Å²) in [6.45, 7) is 4.02. The lowest BCUT2D eigenvalue weighted by Gasteiger charge is -2.14. The van der Waals surface area contributed by atoms with Crippen LogP contribution in [0.3, 0.4) is 0 Å². The van der Waals surface area contributed by atoms with E-state index in [2.05, 4.69) is 12.2 Å². The van der Waals surface area contributed by atoms with E-state index in [-0.39, 0.29) is 11.6 Å². The zero-order chi connectivity index (χ0) is 15.8. The molecule has 0 spiro atoms. The fraction of sp³-hybridized carbons (Fsp3) is 0.533. The van der Waals surface area contributed by atoms with E-state index in [1.54, 1.807) is 0 Å². The molecule has 0 saturated heterocycles. The Morgan fingerprint density at radius 3 is 2.71 bits per heavy atom. The molecule has 1 atom stereocenters. The van der Waals surface area contributed by atoms with Crippen molar-refractivity contribution in [3.8, 4) is 5.75 Å². The van der Waals surface area contributed by atoms with Gasteiger partial charge >= 0.3 is 5.69 Å². The number of unbranched alkanes of at least 4 members (excludes halogenated alkanes) is 3. The number of hydrogen-bond donors (Lipinski definition) is 2. The molecule has 116 valence electrons. The predicted molar refractivity (Wildman–Crippen MR) is 80.4 cm³/mol. The van der Waals surface area contributed by atoms with E-state index in [4.69, 9.17) is 0 Å². The molecule has 21 heavy (non-hydrogen) atoms. The van der Waals surface area contributed by atoms with Crippen molar-refractivity contribution in [2.24, 2.45) is 0 Å². The lowest BCUT2D eigenvalue weighted by molar-refractivity contribution is -0.385. The Hall–Kier alpha value is -2.11. The average Bonchev–Trinajstić information content (AvgIpc) is 2.43. The summed E-state index contributed by atoms with van der Waals surface area (Å²) in [5, 5.41) is 23.3. The highest BCUT2D eigenvalue weighted by Gasteiger charge is 2.21. The smallest absolute Gasteiger partial charge is 0.311 e. The van der Waals surface area contributed by atoms with Crippen molar-refractivity contribution in [2.75, 3.05) is 0 Å². The molecule has 1 aromatic rings. The third kappa shape index (κ3) is 5.06. The van der Waals surface area contributed by atoms with Gasteiger partial charge in [-0.2, -0.15) is 0 Å². The molecule has 0 aliphatic rings. The molecule has 1 aromatic carbocycles. The number of nitro groups is 1. The number of nitro benzene ring substituents is 1. The molecule has 0 fully saturated rings. The quantitative estimate of drug-likeness (QED) is 0.436. The van der Waals surface area contributed by atoms with Crippen LogP contribution in [0.25, 0.3) is 0 Å². The van der Waals surface area contributed by atoms with Gasteiger partial charge in [-0.1, -0.05) is 38.7 Å². The molecule has 0 heterocycles. The van der Waals surface area contributed by atoms with Crippen molar-refractivity contribution in [3.05, 3.63) is 33.9 Å². The number of carbonyl (C=O) groups excluding carboxylic acids is 1. The molecule has 0 radical (unpaired) electrons. The number of benzene rings is 1. The van der Waals surface area contributed by atoms with Gasteiger partial charge in [0, 0.05) is 12.1 Å². The van der Waals surface area contributed by atoms with Crippen LogP contribution in [0.4, 0.5) is 5.69 Å². The lowest BCUT2D eigenvalue weighted by atomic mass is 10.1. The minimum atomic E-state index is -0.708. The zero-order valence-electron chi connectivity index (χ0n) is 12.5. The first-order valence-electron chi connectivity index (χ1n) is 7.24. The maximum absolute atomic E-state index is 12.0. The first-order valence-corrected chi connectivity index (χ1v) is 7.24. The summed E-state index contributed by atoms with van der Waals surface area (Å²) < 4.78 is 0. The van der Waals surface area contributed by atoms with E-state index in [9.17, 15) is 20.0 Å². The molecular formula is C15H22N2O4. The van der Waals surface area contributed by atoms with Crippen molar-refractivity contribution in [3.63, 3.8) is 0 Å². The molecule has 6 nitrogen and oxygen atoms in total. The van der Waals surface area contributed by atoms with Crippen LogP contribution in [0.15, 0.2) is 18.2 Å². The summed E-state index contributed by atoms with van der Waals surface area (Å²) in [6.07, 6.45) is 5.32. The third-order valence-electron chi connectivity index (χ3n) is 3.32. The van der Waals surface area contributed by atoms with Crippen LogP contribution < -0.4 is 5.32 Å². The molecule has 2 N–H and O–H groups in total. The number of phenols is 1. The number of amides is 1. The van der Waals surface area contributed by atoms with Crippen LogP contribution in [0.1, 0.15) is 56.3 Å². The van der Waals surface area contributed by atoms with Gasteiger partial charge in [0.25, 0.3) is 5.91 Å². The molecule has 0 saturated carbocycles. The monoisotopic (exact) mass is 294 g/mol. The molecule has 0 aliphatic heterocycles. The summed E-state index contributed by atoms with van der Waals surface area (Å²) in [5.41, 5.74) is -0.525. The predicted octanol–water partition coefficient (Wildman–Crippen LogP) is 3.39. The van der Waals surface area contributed by atoms with Gasteiger partial charge in [0.2, 0.25) is 5.75 Å². The van der Waals surface area contributed by atoms with Crippen LogP contribution in [-0.2, 0) is 0 Å². The molecular weight excluding hydrogens is 272 g/mol. The maximum Gasteiger partial charge on any atom is 0.311 e. The van der Waals surface area contributed by atoms with Crippen molar-refractivity contribution in [1.29, 1.82) is 0 Å². The molecule has 1 unspecified atom stereocenters. The van der Waals surface area contributed by atoms with E-state index in [1.165, 1.54) is 24.6 Å². The number of phenolic OH excluding ortho intramolecular Hbond substituents is 1. The highest BCUT2D eigenvalue weighted by Crippen LogP contribution is 2.29. The second-order valence-electron chi connectivity index (χ2n) is 5.15. The normalized spacial score (nSPS) is 11.9. The summed E-state index contributed by atoms with van der Waals surface area (Å²) >= 11 is 0. The van der Waals surface area contributed by atoms with Gasteiger partial charge in [-0.3, -0.25) is 14.9 Å². The Bertz CT molecular complexity index is 502. The second-order valence-corrected chi connectivity index (χ2v) is 5.15. The maximum atomic E-state index is 12.0. The molecule has 0 bridgehead atoms. The van der Waals surface area contributed by atoms with Crippen LogP contribution in [-0.4, -0.2) is 22.0 Å². The SMILES string of the molecule is CCCCCCC(C)NC(=O)c1cccc([N+](=O)[O-])c1O. The van der Waals surface area contributed by atoms with E-state index in [0.717, 1.165) is 25.7 Å². The van der Waals surface area contributed by atoms with Crippen LogP contribution in [0.5, 0.6) is 5.75 Å². The van der Waals surface area contributed by atoms with E-state index in [0.29, 0.717) is 0 Å². The number of hydrogen-bond acceptors (Lipinski definition) is 4. The Balaban J connectivity index is 2.63. The van der Waals surface area contributed by atoms with Crippen molar-refractivity contribution < 1.29 is 14.8 Å². The lowest BCUT2D eigenvalue weighted by Crippen LogP contribution is -2.32. The first-order chi connectivity index (χ1) is 9.97. The number of nitrogens with one attached hydrogen (secondary N) is 1. The van der Waals surface area contributed by atoms with Crippen LogP contribution in [0.2, 0.25) is 0 Å². The molecule has 0 aliphatic carbocycles. The van der Waals surface area contributed by atoms with Crippen LogP contribution >= 0.6 is 0 Å². The second kappa shape index (κ2) is 8.24. The Kier molecular flexibility index (Phi) is 6.65. The Morgan fingerprint density at radius 1 is 1.38 bits per heavy atom. The molecule has 1 rings (SSSR count). The highest BCUT2D eigenvalue weighted by molar-refractivity contribution is 5.98. The number of aromatic hydroxyl groups is 1. The van der Waals surface area contributed by atoms with E-state index in [1.807, 2.05) is 6.92 Å². The summed E-state index contributed by atoms with van der Waals surface area (Å²) in [7, 11) is 0. The van der Waals surface area contributed by atoms with Crippen LogP contribution in [0, 0.1) is 10.1 Å². The van der Waals surface area contributed by atoms with Gasteiger partial charge < -0.3 is 10.4 Å². The van der Waals surface area contributed by atoms with Crippen molar-refractivity contribution in [2.45, 2.75) is 52.0 Å². The van der Waals surface area contributed by atoms with Gasteiger partial charge in [0.1, 0.15) is 0 Å². The molecule has 1 amide bonds. The largest absolute Gasteiger partial charge is 0.502 e. The van der Waals surface area contributed by atoms with Crippen molar-refractivity contribution in [1.82, 2.24) is 5.32 Å². The number of para-hydroxylation sites is 1. The summed E-state index contributed by atoms with van der Waals surface area (Å²) in [4.78, 5) is 22.1. The van der Waals surface area contributed by atoms with Gasteiger partial charge in [0.05, 0.1) is 10.5 Å². The van der Waals surface area contributed by atoms with Gasteiger partial charge in [-0.05, 0) is 19.4 Å². The van der Waals surface area contributed by atoms with Crippen molar-refractivity contribution >= 4 is 11.6 Å². The first kappa shape index (κ1) is 16.9. The van der Waals surface area contributed by atoms with Gasteiger partial charge in [-0.25, -0.2) is 0 Å². The average molecular weight is 294 g/mol. The van der Waals surface area contributed by atoms with E-state index < -0.39 is 22.3 Å². The minimum absolute atomic E-state index is 0.0342. The standard InChI is InChI=1S/C15H22N2O4/c1-3-4-5-6-8-11(2)16-15(19)12-9-7-10-13(14(12)18)17(20)21/h7,9-11,18H,3-6,8H2,1-2H3,(H,16,19). The number of nitrogens with zero attached hydrogens (tertiary/aromatic N) is 1. The molecule has 0 aromatic heterocycles. The van der Waals surface area contributed by atoms with E-state index >= 15 is 0 Å². The topological polar surface area (TPSA) is 92.5 Å². The Labute approximate surface area is 124 Å². The van der Waals surface area contributed by atoms with Gasteiger partial charge in [-0.15, -0.1) is 0 Å².